The molecule has 1 saturated carbocycles. The largest absolute Gasteiger partial charge is 0.352 e. The Kier molecular flexibility index (Phi) is 6.43. The molecule has 4 heteroatoms. The number of hydrogen-bond donors (Lipinski definition) is 1. The van der Waals surface area contributed by atoms with Crippen molar-refractivity contribution < 1.29 is 4.79 Å². The summed E-state index contributed by atoms with van der Waals surface area (Å²) in [4.78, 5) is 12.0. The zero-order valence-electron chi connectivity index (χ0n) is 11.9. The molecule has 2 nitrogen and oxygen atoms in total. The summed E-state index contributed by atoms with van der Waals surface area (Å²) < 4.78 is 1.09. The van der Waals surface area contributed by atoms with Crippen LogP contribution in [-0.4, -0.2) is 17.7 Å². The Morgan fingerprint density at radius 1 is 1.30 bits per heavy atom. The number of rotatable bonds is 5. The molecular formula is C16H22BrNOS. The molecule has 0 spiro atoms. The maximum atomic E-state index is 12.0. The van der Waals surface area contributed by atoms with Crippen molar-refractivity contribution in [2.24, 2.45) is 5.92 Å². The average molecular weight is 356 g/mol. The zero-order valence-corrected chi connectivity index (χ0v) is 14.3. The van der Waals surface area contributed by atoms with Crippen molar-refractivity contribution in [1.82, 2.24) is 5.32 Å². The first kappa shape index (κ1) is 15.9. The second-order valence-electron chi connectivity index (χ2n) is 5.56. The van der Waals surface area contributed by atoms with Gasteiger partial charge in [0.15, 0.2) is 0 Å². The molecule has 1 N–H and O–H groups in total. The molecule has 1 aliphatic rings. The molecule has 0 aliphatic heterocycles. The van der Waals surface area contributed by atoms with Crippen LogP contribution < -0.4 is 5.32 Å². The van der Waals surface area contributed by atoms with E-state index in [0.717, 1.165) is 16.6 Å². The zero-order chi connectivity index (χ0) is 14.4. The quantitative estimate of drug-likeness (QED) is 0.848. The lowest BCUT2D eigenvalue weighted by Gasteiger charge is -2.29. The Bertz CT molecular complexity index is 435. The van der Waals surface area contributed by atoms with Crippen molar-refractivity contribution in [3.63, 3.8) is 0 Å². The number of carbonyl (C=O) groups is 1. The summed E-state index contributed by atoms with van der Waals surface area (Å²) in [5.41, 5.74) is 1.26. The molecule has 0 heterocycles. The smallest absolute Gasteiger partial charge is 0.230 e. The molecule has 20 heavy (non-hydrogen) atoms. The molecular weight excluding hydrogens is 334 g/mol. The maximum Gasteiger partial charge on any atom is 0.230 e. The Hall–Kier alpha value is -0.480. The van der Waals surface area contributed by atoms with Gasteiger partial charge in [0.05, 0.1) is 5.75 Å². The molecule has 2 atom stereocenters. The van der Waals surface area contributed by atoms with E-state index in [-0.39, 0.29) is 5.91 Å². The molecule has 110 valence electrons. The third-order valence-corrected chi connectivity index (χ3v) is 5.41. The van der Waals surface area contributed by atoms with E-state index in [1.54, 1.807) is 11.8 Å². The van der Waals surface area contributed by atoms with Crippen LogP contribution in [0.25, 0.3) is 0 Å². The second kappa shape index (κ2) is 8.08. The number of hydrogen-bond acceptors (Lipinski definition) is 2. The van der Waals surface area contributed by atoms with E-state index >= 15 is 0 Å². The van der Waals surface area contributed by atoms with Crippen LogP contribution >= 0.6 is 27.7 Å². The van der Waals surface area contributed by atoms with Crippen LogP contribution in [0.2, 0.25) is 0 Å². The highest BCUT2D eigenvalue weighted by Crippen LogP contribution is 2.24. The number of nitrogens with one attached hydrogen (secondary N) is 1. The van der Waals surface area contributed by atoms with Gasteiger partial charge in [-0.2, -0.15) is 0 Å². The molecule has 1 aliphatic carbocycles. The van der Waals surface area contributed by atoms with Crippen molar-refractivity contribution >= 4 is 33.6 Å². The molecule has 0 bridgehead atoms. The fourth-order valence-corrected chi connectivity index (χ4v) is 3.68. The SMILES string of the molecule is CC1CCCCC1NC(=O)CSCc1ccc(Br)cc1. The lowest BCUT2D eigenvalue weighted by atomic mass is 9.86. The van der Waals surface area contributed by atoms with E-state index in [1.807, 2.05) is 12.1 Å². The summed E-state index contributed by atoms with van der Waals surface area (Å²) in [7, 11) is 0. The van der Waals surface area contributed by atoms with Gasteiger partial charge in [0.25, 0.3) is 0 Å². The number of halogens is 1. The van der Waals surface area contributed by atoms with Gasteiger partial charge in [-0.15, -0.1) is 11.8 Å². The van der Waals surface area contributed by atoms with Crippen molar-refractivity contribution in [3.05, 3.63) is 34.3 Å². The molecule has 0 aromatic heterocycles. The summed E-state index contributed by atoms with van der Waals surface area (Å²) in [5.74, 6) is 2.26. The Labute approximate surface area is 134 Å². The minimum atomic E-state index is 0.186. The summed E-state index contributed by atoms with van der Waals surface area (Å²) >= 11 is 5.11. The van der Waals surface area contributed by atoms with E-state index in [1.165, 1.54) is 24.8 Å². The van der Waals surface area contributed by atoms with Crippen LogP contribution in [0.3, 0.4) is 0 Å². The molecule has 1 aromatic rings. The molecule has 0 radical (unpaired) electrons. The van der Waals surface area contributed by atoms with Gasteiger partial charge in [-0.05, 0) is 36.5 Å². The van der Waals surface area contributed by atoms with E-state index in [0.29, 0.717) is 17.7 Å². The predicted molar refractivity (Wildman–Crippen MR) is 89.9 cm³/mol. The van der Waals surface area contributed by atoms with Gasteiger partial charge in [-0.3, -0.25) is 4.79 Å². The topological polar surface area (TPSA) is 29.1 Å². The highest BCUT2D eigenvalue weighted by Gasteiger charge is 2.22. The van der Waals surface area contributed by atoms with Crippen molar-refractivity contribution in [2.45, 2.75) is 44.4 Å². The maximum absolute atomic E-state index is 12.0. The van der Waals surface area contributed by atoms with Gasteiger partial charge >= 0.3 is 0 Å². The van der Waals surface area contributed by atoms with Gasteiger partial charge in [0, 0.05) is 16.3 Å². The van der Waals surface area contributed by atoms with Crippen LogP contribution in [0, 0.1) is 5.92 Å². The molecule has 2 rings (SSSR count). The fraction of sp³-hybridized carbons (Fsp3) is 0.562. The Balaban J connectivity index is 1.68. The van der Waals surface area contributed by atoms with Gasteiger partial charge in [-0.1, -0.05) is 47.8 Å². The predicted octanol–water partition coefficient (Wildman–Crippen LogP) is 4.38. The monoisotopic (exact) mass is 355 g/mol. The third-order valence-electron chi connectivity index (χ3n) is 3.87. The van der Waals surface area contributed by atoms with Crippen LogP contribution in [0.1, 0.15) is 38.2 Å². The van der Waals surface area contributed by atoms with E-state index in [9.17, 15) is 4.79 Å². The summed E-state index contributed by atoms with van der Waals surface area (Å²) in [5, 5.41) is 3.20. The minimum absolute atomic E-state index is 0.186. The lowest BCUT2D eigenvalue weighted by molar-refractivity contribution is -0.119. The van der Waals surface area contributed by atoms with E-state index in [4.69, 9.17) is 0 Å². The van der Waals surface area contributed by atoms with Gasteiger partial charge in [-0.25, -0.2) is 0 Å². The molecule has 2 unspecified atom stereocenters. The first-order valence-corrected chi connectivity index (χ1v) is 9.21. The van der Waals surface area contributed by atoms with Crippen LogP contribution in [0.5, 0.6) is 0 Å². The number of amides is 1. The molecule has 1 fully saturated rings. The normalized spacial score (nSPS) is 22.5. The lowest BCUT2D eigenvalue weighted by Crippen LogP contribution is -2.41. The summed E-state index contributed by atoms with van der Waals surface area (Å²) in [6, 6.07) is 8.67. The second-order valence-corrected chi connectivity index (χ2v) is 7.46. The standard InChI is InChI=1S/C16H22BrNOS/c1-12-4-2-3-5-15(12)18-16(19)11-20-10-13-6-8-14(17)9-7-13/h6-9,12,15H,2-5,10-11H2,1H3,(H,18,19). The summed E-state index contributed by atoms with van der Waals surface area (Å²) in [6.45, 7) is 2.25. The van der Waals surface area contributed by atoms with Crippen molar-refractivity contribution in [2.75, 3.05) is 5.75 Å². The van der Waals surface area contributed by atoms with Crippen LogP contribution in [-0.2, 0) is 10.5 Å². The van der Waals surface area contributed by atoms with Crippen LogP contribution in [0.4, 0.5) is 0 Å². The van der Waals surface area contributed by atoms with E-state index in [2.05, 4.69) is 40.3 Å². The Morgan fingerprint density at radius 3 is 2.70 bits per heavy atom. The van der Waals surface area contributed by atoms with Crippen molar-refractivity contribution in [1.29, 1.82) is 0 Å². The fourth-order valence-electron chi connectivity index (χ4n) is 2.62. The highest BCUT2D eigenvalue weighted by molar-refractivity contribution is 9.10. The minimum Gasteiger partial charge on any atom is -0.352 e. The van der Waals surface area contributed by atoms with Crippen LogP contribution in [0.15, 0.2) is 28.7 Å². The molecule has 1 aromatic carbocycles. The summed E-state index contributed by atoms with van der Waals surface area (Å²) in [6.07, 6.45) is 4.95. The van der Waals surface area contributed by atoms with Gasteiger partial charge < -0.3 is 5.32 Å². The van der Waals surface area contributed by atoms with Gasteiger partial charge in [0.2, 0.25) is 5.91 Å². The number of thioether (sulfide) groups is 1. The number of carbonyl (C=O) groups excluding carboxylic acids is 1. The average Bonchev–Trinajstić information content (AvgIpc) is 2.44. The third kappa shape index (κ3) is 5.13. The molecule has 0 saturated heterocycles. The first-order valence-electron chi connectivity index (χ1n) is 7.26. The highest BCUT2D eigenvalue weighted by atomic mass is 79.9. The Morgan fingerprint density at radius 2 is 2.00 bits per heavy atom. The number of benzene rings is 1. The van der Waals surface area contributed by atoms with Gasteiger partial charge in [0.1, 0.15) is 0 Å². The van der Waals surface area contributed by atoms with Crippen molar-refractivity contribution in [3.8, 4) is 0 Å². The molecule has 1 amide bonds. The first-order chi connectivity index (χ1) is 9.65. The van der Waals surface area contributed by atoms with E-state index < -0.39 is 0 Å².